The Bertz CT molecular complexity index is 950. The summed E-state index contributed by atoms with van der Waals surface area (Å²) in [7, 11) is 1.56. The van der Waals surface area contributed by atoms with Crippen molar-refractivity contribution >= 4 is 37.3 Å². The monoisotopic (exact) mass is 470 g/mol. The lowest BCUT2D eigenvalue weighted by atomic mass is 10.2. The zero-order chi connectivity index (χ0) is 20.9. The summed E-state index contributed by atoms with van der Waals surface area (Å²) in [5.41, 5.74) is 1.04. The molecule has 10 heteroatoms. The topological polar surface area (TPSA) is 95.8 Å². The molecule has 0 amide bonds. The number of hydrogen-bond acceptors (Lipinski definition) is 6. The van der Waals surface area contributed by atoms with Gasteiger partial charge in [-0.2, -0.15) is 0 Å². The molecule has 0 bridgehead atoms. The Labute approximate surface area is 173 Å². The first kappa shape index (κ1) is 22.3. The summed E-state index contributed by atoms with van der Waals surface area (Å²) in [4.78, 5) is 14.4. The molecule has 0 spiro atoms. The van der Waals surface area contributed by atoms with Gasteiger partial charge < -0.3 is 9.80 Å². The lowest BCUT2D eigenvalue weighted by molar-refractivity contribution is -0.384. The van der Waals surface area contributed by atoms with E-state index in [1.165, 1.54) is 12.1 Å². The van der Waals surface area contributed by atoms with Crippen molar-refractivity contribution < 1.29 is 13.3 Å². The van der Waals surface area contributed by atoms with Crippen LogP contribution in [0.4, 0.5) is 11.4 Å². The minimum Gasteiger partial charge on any atom is -0.365 e. The average Bonchev–Trinajstić information content (AvgIpc) is 2.62. The molecule has 2 rings (SSSR count). The maximum Gasteiger partial charge on any atom is 0.293 e. The van der Waals surface area contributed by atoms with Gasteiger partial charge in [-0.25, -0.2) is 13.1 Å². The van der Waals surface area contributed by atoms with Crippen molar-refractivity contribution in [3.05, 3.63) is 62.6 Å². The molecular formula is C18H23BrN4O4S. The first-order chi connectivity index (χ1) is 13.1. The molecule has 0 radical (unpaired) electrons. The van der Waals surface area contributed by atoms with Gasteiger partial charge in [0.25, 0.3) is 5.69 Å². The highest BCUT2D eigenvalue weighted by Crippen LogP contribution is 2.31. The molecule has 8 nitrogen and oxygen atoms in total. The number of hydrogen-bond donors (Lipinski definition) is 1. The summed E-state index contributed by atoms with van der Waals surface area (Å²) in [5.74, 6) is 0. The van der Waals surface area contributed by atoms with Gasteiger partial charge in [-0.15, -0.1) is 0 Å². The van der Waals surface area contributed by atoms with Gasteiger partial charge in [-0.05, 0) is 37.9 Å². The number of halogens is 1. The fraction of sp³-hybridized carbons (Fsp3) is 0.333. The Hall–Kier alpha value is -2.01. The molecule has 28 heavy (non-hydrogen) atoms. The van der Waals surface area contributed by atoms with Gasteiger partial charge in [0.2, 0.25) is 10.0 Å². The van der Waals surface area contributed by atoms with Crippen molar-refractivity contribution in [2.45, 2.75) is 11.4 Å². The van der Waals surface area contributed by atoms with Gasteiger partial charge in [0.05, 0.1) is 9.82 Å². The molecule has 0 aliphatic carbocycles. The average molecular weight is 471 g/mol. The molecule has 0 aliphatic heterocycles. The van der Waals surface area contributed by atoms with Crippen LogP contribution in [-0.2, 0) is 16.6 Å². The number of likely N-dealkylation sites (N-methyl/N-ethyl adjacent to an activating group) is 1. The Kier molecular flexibility index (Phi) is 7.53. The molecule has 0 aromatic heterocycles. The Morgan fingerprint density at radius 2 is 1.82 bits per heavy atom. The van der Waals surface area contributed by atoms with Crippen LogP contribution in [-0.4, -0.2) is 52.5 Å². The van der Waals surface area contributed by atoms with Crippen molar-refractivity contribution in [1.29, 1.82) is 0 Å². The lowest BCUT2D eigenvalue weighted by Crippen LogP contribution is -2.31. The van der Waals surface area contributed by atoms with E-state index in [9.17, 15) is 18.5 Å². The highest BCUT2D eigenvalue weighted by molar-refractivity contribution is 9.10. The third-order valence-corrected chi connectivity index (χ3v) is 6.31. The molecule has 2 aromatic rings. The summed E-state index contributed by atoms with van der Waals surface area (Å²) >= 11 is 3.47. The van der Waals surface area contributed by atoms with Crippen LogP contribution in [0.1, 0.15) is 5.56 Å². The molecule has 152 valence electrons. The van der Waals surface area contributed by atoms with Gasteiger partial charge in [0.1, 0.15) is 5.69 Å². The van der Waals surface area contributed by atoms with E-state index in [-0.39, 0.29) is 17.1 Å². The second kappa shape index (κ2) is 9.46. The summed E-state index contributed by atoms with van der Waals surface area (Å²) in [6.45, 7) is 1.16. The summed E-state index contributed by atoms with van der Waals surface area (Å²) in [5, 5.41) is 11.6. The van der Waals surface area contributed by atoms with Gasteiger partial charge in [0, 0.05) is 37.2 Å². The number of rotatable bonds is 9. The van der Waals surface area contributed by atoms with Crippen LogP contribution < -0.4 is 9.62 Å². The Morgan fingerprint density at radius 1 is 1.14 bits per heavy atom. The normalized spacial score (nSPS) is 11.6. The summed E-state index contributed by atoms with van der Waals surface area (Å²) in [6, 6.07) is 11.5. The highest BCUT2D eigenvalue weighted by Gasteiger charge is 2.23. The lowest BCUT2D eigenvalue weighted by Gasteiger charge is -2.20. The van der Waals surface area contributed by atoms with E-state index < -0.39 is 14.9 Å². The number of nitrogens with one attached hydrogen (secondary N) is 1. The maximum atomic E-state index is 12.4. The standard InChI is InChI=1S/C18H23BrN4O4S/c1-21(2)11-10-20-28(26,27)15-8-9-17(18(12-15)23(24)25)22(3)13-14-6-4-5-7-16(14)19/h4-9,12,20H,10-11,13H2,1-3H3. The number of sulfonamides is 1. The molecule has 0 heterocycles. The fourth-order valence-corrected chi connectivity index (χ4v) is 4.04. The van der Waals surface area contributed by atoms with Crippen LogP contribution >= 0.6 is 15.9 Å². The SMILES string of the molecule is CN(C)CCNS(=O)(=O)c1ccc(N(C)Cc2ccccc2Br)c([N+](=O)[O-])c1. The Morgan fingerprint density at radius 3 is 2.43 bits per heavy atom. The Balaban J connectivity index is 2.30. The van der Waals surface area contributed by atoms with Gasteiger partial charge >= 0.3 is 0 Å². The molecule has 1 N–H and O–H groups in total. The summed E-state index contributed by atoms with van der Waals surface area (Å²) < 4.78 is 28.2. The largest absolute Gasteiger partial charge is 0.365 e. The van der Waals surface area contributed by atoms with Gasteiger partial charge in [-0.3, -0.25) is 10.1 Å². The van der Waals surface area contributed by atoms with Gasteiger partial charge in [0.15, 0.2) is 0 Å². The maximum absolute atomic E-state index is 12.4. The van der Waals surface area contributed by atoms with Crippen molar-refractivity contribution in [2.24, 2.45) is 0 Å². The van der Waals surface area contributed by atoms with E-state index in [2.05, 4.69) is 20.7 Å². The first-order valence-electron chi connectivity index (χ1n) is 8.49. The van der Waals surface area contributed by atoms with Crippen LogP contribution in [0.2, 0.25) is 0 Å². The van der Waals surface area contributed by atoms with E-state index >= 15 is 0 Å². The van der Waals surface area contributed by atoms with E-state index in [1.807, 2.05) is 43.3 Å². The number of anilines is 1. The predicted molar refractivity (Wildman–Crippen MR) is 113 cm³/mol. The van der Waals surface area contributed by atoms with Crippen molar-refractivity contribution in [1.82, 2.24) is 9.62 Å². The molecule has 0 unspecified atom stereocenters. The number of nitro groups is 1. The van der Waals surface area contributed by atoms with Crippen LogP contribution in [0.25, 0.3) is 0 Å². The van der Waals surface area contributed by atoms with Crippen molar-refractivity contribution in [3.8, 4) is 0 Å². The molecule has 2 aromatic carbocycles. The van der Waals surface area contributed by atoms with E-state index in [4.69, 9.17) is 0 Å². The number of nitro benzene ring substituents is 1. The first-order valence-corrected chi connectivity index (χ1v) is 10.8. The third-order valence-electron chi connectivity index (χ3n) is 4.08. The van der Waals surface area contributed by atoms with Crippen LogP contribution in [0.5, 0.6) is 0 Å². The minimum atomic E-state index is -3.83. The predicted octanol–water partition coefficient (Wildman–Crippen LogP) is 2.83. The molecule has 0 saturated carbocycles. The second-order valence-electron chi connectivity index (χ2n) is 6.56. The molecular weight excluding hydrogens is 448 g/mol. The smallest absolute Gasteiger partial charge is 0.293 e. The van der Waals surface area contributed by atoms with E-state index in [1.54, 1.807) is 11.9 Å². The molecule has 0 saturated heterocycles. The van der Waals surface area contributed by atoms with Crippen LogP contribution in [0.3, 0.4) is 0 Å². The summed E-state index contributed by atoms with van der Waals surface area (Å²) in [6.07, 6.45) is 0. The fourth-order valence-electron chi connectivity index (χ4n) is 2.59. The zero-order valence-electron chi connectivity index (χ0n) is 15.9. The van der Waals surface area contributed by atoms with Crippen LogP contribution in [0.15, 0.2) is 51.8 Å². The van der Waals surface area contributed by atoms with E-state index in [0.29, 0.717) is 18.8 Å². The van der Waals surface area contributed by atoms with Crippen molar-refractivity contribution in [2.75, 3.05) is 39.1 Å². The highest BCUT2D eigenvalue weighted by atomic mass is 79.9. The van der Waals surface area contributed by atoms with Crippen LogP contribution in [0, 0.1) is 10.1 Å². The van der Waals surface area contributed by atoms with Gasteiger partial charge in [-0.1, -0.05) is 34.1 Å². The zero-order valence-corrected chi connectivity index (χ0v) is 18.3. The molecule has 0 atom stereocenters. The van der Waals surface area contributed by atoms with E-state index in [0.717, 1.165) is 16.1 Å². The quantitative estimate of drug-likeness (QED) is 0.447. The molecule has 0 fully saturated rings. The number of nitrogens with zero attached hydrogens (tertiary/aromatic N) is 3. The van der Waals surface area contributed by atoms with Crippen molar-refractivity contribution in [3.63, 3.8) is 0 Å². The number of benzene rings is 2. The third kappa shape index (κ3) is 5.74. The second-order valence-corrected chi connectivity index (χ2v) is 9.18. The minimum absolute atomic E-state index is 0.129. The molecule has 0 aliphatic rings.